The molecule has 2 nitrogen and oxygen atoms in total. The van der Waals surface area contributed by atoms with Gasteiger partial charge in [0, 0.05) is 25.7 Å². The van der Waals surface area contributed by atoms with Crippen LogP contribution in [-0.2, 0) is 6.42 Å². The Balaban J connectivity index is 2.18. The highest BCUT2D eigenvalue weighted by Gasteiger charge is 2.12. The van der Waals surface area contributed by atoms with E-state index in [0.717, 1.165) is 6.42 Å². The van der Waals surface area contributed by atoms with Gasteiger partial charge in [0.15, 0.2) is 0 Å². The number of hydrogen-bond donors (Lipinski definition) is 1. The van der Waals surface area contributed by atoms with Crippen LogP contribution in [0, 0.1) is 6.92 Å². The van der Waals surface area contributed by atoms with E-state index in [1.165, 1.54) is 22.4 Å². The largest absolute Gasteiger partial charge is 0.378 e. The van der Waals surface area contributed by atoms with E-state index in [4.69, 9.17) is 5.73 Å². The van der Waals surface area contributed by atoms with Crippen molar-refractivity contribution in [1.29, 1.82) is 0 Å². The van der Waals surface area contributed by atoms with E-state index in [2.05, 4.69) is 74.4 Å². The maximum absolute atomic E-state index is 5.99. The maximum atomic E-state index is 5.99. The lowest BCUT2D eigenvalue weighted by Gasteiger charge is -2.18. The quantitative estimate of drug-likeness (QED) is 0.901. The van der Waals surface area contributed by atoms with Crippen molar-refractivity contribution in [2.75, 3.05) is 25.5 Å². The van der Waals surface area contributed by atoms with Crippen molar-refractivity contribution in [2.24, 2.45) is 5.73 Å². The Morgan fingerprint density at radius 2 is 1.65 bits per heavy atom. The van der Waals surface area contributed by atoms with E-state index in [0.29, 0.717) is 12.5 Å². The van der Waals surface area contributed by atoms with E-state index in [1.54, 1.807) is 0 Å². The fraction of sp³-hybridized carbons (Fsp3) is 0.333. The standard InChI is InChI=1S/C18H24N2/c1-14-6-4-5-7-16(14)12-17(13-19)15-8-10-18(11-9-15)20(2)3/h4-11,17H,12-13,19H2,1-3H3. The predicted molar refractivity (Wildman–Crippen MR) is 87.4 cm³/mol. The van der Waals surface area contributed by atoms with Crippen molar-refractivity contribution in [3.63, 3.8) is 0 Å². The SMILES string of the molecule is Cc1ccccc1CC(CN)c1ccc(N(C)C)cc1. The number of rotatable bonds is 5. The Bertz CT molecular complexity index is 544. The predicted octanol–water partition coefficient (Wildman–Crippen LogP) is 3.35. The normalized spacial score (nSPS) is 12.2. The summed E-state index contributed by atoms with van der Waals surface area (Å²) in [4.78, 5) is 2.11. The van der Waals surface area contributed by atoms with Gasteiger partial charge in [0.1, 0.15) is 0 Å². The van der Waals surface area contributed by atoms with Crippen molar-refractivity contribution in [3.8, 4) is 0 Å². The molecule has 0 heterocycles. The van der Waals surface area contributed by atoms with Crippen LogP contribution in [0.15, 0.2) is 48.5 Å². The number of aryl methyl sites for hydroxylation is 1. The Labute approximate surface area is 122 Å². The summed E-state index contributed by atoms with van der Waals surface area (Å²) in [5.74, 6) is 0.382. The molecule has 0 spiro atoms. The van der Waals surface area contributed by atoms with Crippen LogP contribution < -0.4 is 10.6 Å². The average Bonchev–Trinajstić information content (AvgIpc) is 2.46. The van der Waals surface area contributed by atoms with Crippen molar-refractivity contribution < 1.29 is 0 Å². The Morgan fingerprint density at radius 3 is 2.20 bits per heavy atom. The molecule has 2 aromatic carbocycles. The smallest absolute Gasteiger partial charge is 0.0361 e. The van der Waals surface area contributed by atoms with Crippen LogP contribution in [-0.4, -0.2) is 20.6 Å². The molecule has 0 aromatic heterocycles. The van der Waals surface area contributed by atoms with Crippen molar-refractivity contribution in [1.82, 2.24) is 0 Å². The third kappa shape index (κ3) is 3.40. The lowest BCUT2D eigenvalue weighted by atomic mass is 9.90. The number of nitrogens with two attached hydrogens (primary N) is 1. The first-order valence-electron chi connectivity index (χ1n) is 7.13. The van der Waals surface area contributed by atoms with Gasteiger partial charge >= 0.3 is 0 Å². The zero-order valence-corrected chi connectivity index (χ0v) is 12.6. The second-order valence-electron chi connectivity index (χ2n) is 5.55. The molecule has 2 aromatic rings. The van der Waals surface area contributed by atoms with Gasteiger partial charge in [-0.05, 0) is 48.7 Å². The molecule has 0 aliphatic carbocycles. The third-order valence-electron chi connectivity index (χ3n) is 3.89. The third-order valence-corrected chi connectivity index (χ3v) is 3.89. The fourth-order valence-electron chi connectivity index (χ4n) is 2.49. The van der Waals surface area contributed by atoms with E-state index >= 15 is 0 Å². The zero-order valence-electron chi connectivity index (χ0n) is 12.6. The Hall–Kier alpha value is -1.80. The highest BCUT2D eigenvalue weighted by atomic mass is 15.1. The monoisotopic (exact) mass is 268 g/mol. The molecule has 0 fully saturated rings. The second kappa shape index (κ2) is 6.58. The molecule has 2 rings (SSSR count). The summed E-state index contributed by atoms with van der Waals surface area (Å²) < 4.78 is 0. The van der Waals surface area contributed by atoms with Gasteiger partial charge in [-0.3, -0.25) is 0 Å². The second-order valence-corrected chi connectivity index (χ2v) is 5.55. The van der Waals surface area contributed by atoms with Crippen LogP contribution in [0.1, 0.15) is 22.6 Å². The highest BCUT2D eigenvalue weighted by molar-refractivity contribution is 5.47. The summed E-state index contributed by atoms with van der Waals surface area (Å²) >= 11 is 0. The summed E-state index contributed by atoms with van der Waals surface area (Å²) in [5, 5.41) is 0. The molecular weight excluding hydrogens is 244 g/mol. The first-order valence-corrected chi connectivity index (χ1v) is 7.13. The Kier molecular flexibility index (Phi) is 4.80. The molecule has 0 amide bonds. The van der Waals surface area contributed by atoms with Crippen LogP contribution in [0.25, 0.3) is 0 Å². The molecule has 1 atom stereocenters. The van der Waals surface area contributed by atoms with Crippen LogP contribution in [0.2, 0.25) is 0 Å². The Morgan fingerprint density at radius 1 is 1.00 bits per heavy atom. The minimum atomic E-state index is 0.382. The van der Waals surface area contributed by atoms with Crippen molar-refractivity contribution in [3.05, 3.63) is 65.2 Å². The molecule has 20 heavy (non-hydrogen) atoms. The van der Waals surface area contributed by atoms with Crippen LogP contribution in [0.4, 0.5) is 5.69 Å². The fourth-order valence-corrected chi connectivity index (χ4v) is 2.49. The molecule has 0 radical (unpaired) electrons. The number of benzene rings is 2. The molecule has 0 saturated carbocycles. The van der Waals surface area contributed by atoms with Gasteiger partial charge < -0.3 is 10.6 Å². The van der Waals surface area contributed by atoms with Gasteiger partial charge in [-0.2, -0.15) is 0 Å². The van der Waals surface area contributed by atoms with Crippen LogP contribution in [0.3, 0.4) is 0 Å². The van der Waals surface area contributed by atoms with Gasteiger partial charge in [0.2, 0.25) is 0 Å². The number of anilines is 1. The first-order chi connectivity index (χ1) is 9.61. The van der Waals surface area contributed by atoms with Gasteiger partial charge in [0.05, 0.1) is 0 Å². The number of nitrogens with zero attached hydrogens (tertiary/aromatic N) is 1. The lowest BCUT2D eigenvalue weighted by Crippen LogP contribution is -2.16. The van der Waals surface area contributed by atoms with Crippen molar-refractivity contribution >= 4 is 5.69 Å². The number of hydrogen-bond acceptors (Lipinski definition) is 2. The van der Waals surface area contributed by atoms with Crippen molar-refractivity contribution in [2.45, 2.75) is 19.3 Å². The molecular formula is C18H24N2. The zero-order chi connectivity index (χ0) is 14.5. The van der Waals surface area contributed by atoms with E-state index in [9.17, 15) is 0 Å². The van der Waals surface area contributed by atoms with Gasteiger partial charge in [0.25, 0.3) is 0 Å². The van der Waals surface area contributed by atoms with Gasteiger partial charge in [-0.15, -0.1) is 0 Å². The summed E-state index contributed by atoms with van der Waals surface area (Å²) in [6, 6.07) is 17.3. The molecule has 0 saturated heterocycles. The summed E-state index contributed by atoms with van der Waals surface area (Å²) in [6.07, 6.45) is 1.00. The minimum Gasteiger partial charge on any atom is -0.378 e. The maximum Gasteiger partial charge on any atom is 0.0361 e. The van der Waals surface area contributed by atoms with E-state index < -0.39 is 0 Å². The minimum absolute atomic E-state index is 0.382. The lowest BCUT2D eigenvalue weighted by molar-refractivity contribution is 0.692. The molecule has 2 N–H and O–H groups in total. The highest BCUT2D eigenvalue weighted by Crippen LogP contribution is 2.23. The molecule has 106 valence electrons. The average molecular weight is 268 g/mol. The summed E-state index contributed by atoms with van der Waals surface area (Å²) in [6.45, 7) is 2.84. The van der Waals surface area contributed by atoms with E-state index in [-0.39, 0.29) is 0 Å². The molecule has 1 unspecified atom stereocenters. The summed E-state index contributed by atoms with van der Waals surface area (Å²) in [7, 11) is 4.12. The molecule has 0 aliphatic rings. The summed E-state index contributed by atoms with van der Waals surface area (Å²) in [5.41, 5.74) is 11.3. The van der Waals surface area contributed by atoms with E-state index in [1.807, 2.05) is 0 Å². The van der Waals surface area contributed by atoms with Gasteiger partial charge in [-0.1, -0.05) is 36.4 Å². The first kappa shape index (κ1) is 14.6. The molecule has 0 aliphatic heterocycles. The van der Waals surface area contributed by atoms with Gasteiger partial charge in [-0.25, -0.2) is 0 Å². The topological polar surface area (TPSA) is 29.3 Å². The van der Waals surface area contributed by atoms with Crippen LogP contribution >= 0.6 is 0 Å². The molecule has 2 heteroatoms. The molecule has 0 bridgehead atoms. The van der Waals surface area contributed by atoms with Crippen LogP contribution in [0.5, 0.6) is 0 Å².